The molecular weight excluding hydrogens is 398 g/mol. The molecule has 3 rings (SSSR count). The Balaban J connectivity index is 1.49. The zero-order valence-electron chi connectivity index (χ0n) is 14.3. The molecule has 1 saturated heterocycles. The number of carbonyl (C=O) groups is 2. The second-order valence-electron chi connectivity index (χ2n) is 5.61. The van der Waals surface area contributed by atoms with E-state index in [1.807, 2.05) is 42.5 Å². The van der Waals surface area contributed by atoms with Crippen LogP contribution in [0.5, 0.6) is 0 Å². The molecule has 1 aromatic heterocycles. The van der Waals surface area contributed by atoms with Gasteiger partial charge in [0, 0.05) is 24.5 Å². The van der Waals surface area contributed by atoms with Gasteiger partial charge in [-0.2, -0.15) is 0 Å². The summed E-state index contributed by atoms with van der Waals surface area (Å²) in [5.41, 5.74) is 1.07. The van der Waals surface area contributed by atoms with Crippen molar-refractivity contribution in [3.05, 3.63) is 64.5 Å². The lowest BCUT2D eigenvalue weighted by Gasteiger charge is -2.13. The van der Waals surface area contributed by atoms with Crippen molar-refractivity contribution >= 4 is 62.7 Å². The van der Waals surface area contributed by atoms with Crippen LogP contribution in [0.4, 0.5) is 5.13 Å². The third-order valence-corrected chi connectivity index (χ3v) is 5.76. The highest BCUT2D eigenvalue weighted by Crippen LogP contribution is 2.31. The molecule has 0 atom stereocenters. The van der Waals surface area contributed by atoms with Gasteiger partial charge in [-0.25, -0.2) is 4.98 Å². The number of thiocarbonyl (C=S) groups is 1. The van der Waals surface area contributed by atoms with Gasteiger partial charge in [-0.3, -0.25) is 14.5 Å². The Morgan fingerprint density at radius 1 is 1.30 bits per heavy atom. The number of amides is 2. The first kappa shape index (κ1) is 19.5. The lowest BCUT2D eigenvalue weighted by molar-refractivity contribution is -0.122. The fourth-order valence-corrected chi connectivity index (χ4v) is 4.19. The van der Waals surface area contributed by atoms with E-state index >= 15 is 0 Å². The summed E-state index contributed by atoms with van der Waals surface area (Å²) in [4.78, 5) is 30.5. The zero-order chi connectivity index (χ0) is 19.1. The smallest absolute Gasteiger partial charge is 0.266 e. The number of hydrogen-bond donors (Lipinski definition) is 1. The summed E-state index contributed by atoms with van der Waals surface area (Å²) in [6.07, 6.45) is 8.05. The van der Waals surface area contributed by atoms with E-state index < -0.39 is 0 Å². The number of nitrogens with zero attached hydrogens (tertiary/aromatic N) is 2. The molecular formula is C19H17N3O2S3. The monoisotopic (exact) mass is 415 g/mol. The Hall–Kier alpha value is -2.29. The molecule has 1 aliphatic heterocycles. The highest BCUT2D eigenvalue weighted by molar-refractivity contribution is 8.26. The minimum absolute atomic E-state index is 0.108. The summed E-state index contributed by atoms with van der Waals surface area (Å²) >= 11 is 7.96. The molecule has 8 heteroatoms. The molecule has 0 unspecified atom stereocenters. The fourth-order valence-electron chi connectivity index (χ4n) is 2.38. The van der Waals surface area contributed by atoms with E-state index in [1.54, 1.807) is 22.6 Å². The maximum Gasteiger partial charge on any atom is 0.266 e. The SMILES string of the molecule is O=C(CCCN1C(=O)C(=CC=Cc2ccccc2)SC1=S)Nc1nccs1. The number of thiazole rings is 1. The molecule has 1 aliphatic rings. The second kappa shape index (κ2) is 9.59. The van der Waals surface area contributed by atoms with E-state index in [0.29, 0.717) is 33.7 Å². The Bertz CT molecular complexity index is 877. The van der Waals surface area contributed by atoms with Crippen molar-refractivity contribution < 1.29 is 9.59 Å². The molecule has 1 N–H and O–H groups in total. The Morgan fingerprint density at radius 2 is 2.11 bits per heavy atom. The Morgan fingerprint density at radius 3 is 2.85 bits per heavy atom. The number of thioether (sulfide) groups is 1. The molecule has 1 fully saturated rings. The van der Waals surface area contributed by atoms with E-state index in [0.717, 1.165) is 5.56 Å². The van der Waals surface area contributed by atoms with Crippen LogP contribution >= 0.6 is 35.3 Å². The molecule has 2 amide bonds. The molecule has 0 bridgehead atoms. The van der Waals surface area contributed by atoms with Crippen LogP contribution in [-0.2, 0) is 9.59 Å². The summed E-state index contributed by atoms with van der Waals surface area (Å²) in [6, 6.07) is 9.87. The van der Waals surface area contributed by atoms with Crippen molar-refractivity contribution in [3.63, 3.8) is 0 Å². The maximum atomic E-state index is 12.5. The highest BCUT2D eigenvalue weighted by Gasteiger charge is 2.31. The molecule has 2 heterocycles. The van der Waals surface area contributed by atoms with Crippen molar-refractivity contribution in [2.75, 3.05) is 11.9 Å². The van der Waals surface area contributed by atoms with E-state index in [9.17, 15) is 9.59 Å². The van der Waals surface area contributed by atoms with Crippen molar-refractivity contribution in [3.8, 4) is 0 Å². The summed E-state index contributed by atoms with van der Waals surface area (Å²) in [7, 11) is 0. The van der Waals surface area contributed by atoms with Crippen LogP contribution in [0.3, 0.4) is 0 Å². The van der Waals surface area contributed by atoms with Crippen LogP contribution in [0.1, 0.15) is 18.4 Å². The summed E-state index contributed by atoms with van der Waals surface area (Å²) in [5, 5.41) is 5.11. The molecule has 27 heavy (non-hydrogen) atoms. The highest BCUT2D eigenvalue weighted by atomic mass is 32.2. The second-order valence-corrected chi connectivity index (χ2v) is 8.18. The van der Waals surface area contributed by atoms with Crippen LogP contribution in [0.15, 0.2) is 59.0 Å². The molecule has 2 aromatic rings. The first-order chi connectivity index (χ1) is 13.1. The summed E-state index contributed by atoms with van der Waals surface area (Å²) < 4.78 is 0.527. The van der Waals surface area contributed by atoms with Crippen LogP contribution in [0.2, 0.25) is 0 Å². The molecule has 0 spiro atoms. The van der Waals surface area contributed by atoms with Crippen LogP contribution in [0.25, 0.3) is 6.08 Å². The van der Waals surface area contributed by atoms with Gasteiger partial charge in [0.05, 0.1) is 4.91 Å². The van der Waals surface area contributed by atoms with Gasteiger partial charge in [0.1, 0.15) is 4.32 Å². The van der Waals surface area contributed by atoms with Crippen LogP contribution in [-0.4, -0.2) is 32.6 Å². The third-order valence-electron chi connectivity index (χ3n) is 3.67. The zero-order valence-corrected chi connectivity index (χ0v) is 16.8. The van der Waals surface area contributed by atoms with E-state index in [-0.39, 0.29) is 11.8 Å². The van der Waals surface area contributed by atoms with Crippen molar-refractivity contribution in [1.82, 2.24) is 9.88 Å². The van der Waals surface area contributed by atoms with Gasteiger partial charge in [-0.05, 0) is 18.1 Å². The van der Waals surface area contributed by atoms with Crippen molar-refractivity contribution in [1.29, 1.82) is 0 Å². The first-order valence-corrected chi connectivity index (χ1v) is 10.4. The van der Waals surface area contributed by atoms with Gasteiger partial charge in [0.2, 0.25) is 5.91 Å². The first-order valence-electron chi connectivity index (χ1n) is 8.30. The summed E-state index contributed by atoms with van der Waals surface area (Å²) in [6.45, 7) is 0.426. The van der Waals surface area contributed by atoms with Gasteiger partial charge >= 0.3 is 0 Å². The average molecular weight is 416 g/mol. The van der Waals surface area contributed by atoms with Gasteiger partial charge in [0.25, 0.3) is 5.91 Å². The lowest BCUT2D eigenvalue weighted by Crippen LogP contribution is -2.29. The maximum absolute atomic E-state index is 12.5. The minimum Gasteiger partial charge on any atom is -0.302 e. The van der Waals surface area contributed by atoms with Crippen LogP contribution in [0, 0.1) is 0 Å². The number of rotatable bonds is 7. The standard InChI is InChI=1S/C19H17N3O2S3/c23-16(21-18-20-11-13-26-18)10-5-12-22-17(24)15(27-19(22)25)9-4-8-14-6-2-1-3-7-14/h1-4,6-9,11,13H,5,10,12H2,(H,20,21,23). The van der Waals surface area contributed by atoms with Crippen molar-refractivity contribution in [2.45, 2.75) is 12.8 Å². The number of allylic oxidation sites excluding steroid dienone is 2. The van der Waals surface area contributed by atoms with Gasteiger partial charge in [0.15, 0.2) is 5.13 Å². The normalized spacial score (nSPS) is 15.9. The number of hydrogen-bond acceptors (Lipinski definition) is 6. The van der Waals surface area contributed by atoms with E-state index in [1.165, 1.54) is 23.1 Å². The minimum atomic E-state index is -0.114. The summed E-state index contributed by atoms with van der Waals surface area (Å²) in [5.74, 6) is -0.222. The number of benzene rings is 1. The third kappa shape index (κ3) is 5.59. The van der Waals surface area contributed by atoms with Gasteiger partial charge in [-0.15, -0.1) is 11.3 Å². The number of aromatic nitrogens is 1. The van der Waals surface area contributed by atoms with Gasteiger partial charge in [-0.1, -0.05) is 66.5 Å². The van der Waals surface area contributed by atoms with E-state index in [2.05, 4.69) is 10.3 Å². The largest absolute Gasteiger partial charge is 0.302 e. The predicted molar refractivity (Wildman–Crippen MR) is 115 cm³/mol. The van der Waals surface area contributed by atoms with E-state index in [4.69, 9.17) is 12.2 Å². The van der Waals surface area contributed by atoms with Crippen molar-refractivity contribution in [2.24, 2.45) is 0 Å². The molecule has 5 nitrogen and oxygen atoms in total. The average Bonchev–Trinajstić information content (AvgIpc) is 3.26. The molecule has 0 aliphatic carbocycles. The molecule has 0 saturated carbocycles. The van der Waals surface area contributed by atoms with Gasteiger partial charge < -0.3 is 5.32 Å². The fraction of sp³-hybridized carbons (Fsp3) is 0.158. The molecule has 1 aromatic carbocycles. The number of nitrogens with one attached hydrogen (secondary N) is 1. The number of anilines is 1. The van der Waals surface area contributed by atoms with Crippen LogP contribution < -0.4 is 5.32 Å². The Kier molecular flexibility index (Phi) is 6.92. The molecule has 0 radical (unpaired) electrons. The Labute approximate surface area is 171 Å². The quantitative estimate of drug-likeness (QED) is 0.539. The predicted octanol–water partition coefficient (Wildman–Crippen LogP) is 4.32. The molecule has 138 valence electrons. The number of carbonyl (C=O) groups excluding carboxylic acids is 2. The topological polar surface area (TPSA) is 62.3 Å². The lowest BCUT2D eigenvalue weighted by atomic mass is 10.2.